The molecule has 0 aliphatic heterocycles. The van der Waals surface area contributed by atoms with Gasteiger partial charge in [0.05, 0.1) is 6.61 Å². The van der Waals surface area contributed by atoms with Gasteiger partial charge in [-0.1, -0.05) is 35.4 Å². The summed E-state index contributed by atoms with van der Waals surface area (Å²) in [7, 11) is 0. The first-order valence-electron chi connectivity index (χ1n) is 9.46. The Kier molecular flexibility index (Phi) is 4.47. The summed E-state index contributed by atoms with van der Waals surface area (Å²) >= 11 is 0. The van der Waals surface area contributed by atoms with Gasteiger partial charge in [-0.05, 0) is 31.2 Å². The average molecular weight is 417 g/mol. The number of hydrogen-bond donors (Lipinski definition) is 1. The normalized spacial score (nSPS) is 11.1. The molecular formula is C22H15N3O6. The number of ether oxygens (including phenoxy) is 1. The van der Waals surface area contributed by atoms with Crippen LogP contribution < -0.4 is 15.7 Å². The molecule has 1 amide bonds. The summed E-state index contributed by atoms with van der Waals surface area (Å²) < 4.78 is 22.0. The fraction of sp³-hybridized carbons (Fsp3) is 0.0909. The number of fused-ring (bicyclic) bond motifs is 2. The molecule has 0 spiro atoms. The van der Waals surface area contributed by atoms with Gasteiger partial charge in [0.15, 0.2) is 17.1 Å². The van der Waals surface area contributed by atoms with Gasteiger partial charge >= 0.3 is 11.6 Å². The van der Waals surface area contributed by atoms with Gasteiger partial charge in [-0.3, -0.25) is 10.1 Å². The second-order valence-electron chi connectivity index (χ2n) is 6.57. The molecule has 3 aromatic heterocycles. The van der Waals surface area contributed by atoms with E-state index in [2.05, 4.69) is 15.5 Å². The van der Waals surface area contributed by atoms with E-state index in [4.69, 9.17) is 18.0 Å². The molecule has 0 atom stereocenters. The number of nitrogens with zero attached hydrogens (tertiary/aromatic N) is 2. The summed E-state index contributed by atoms with van der Waals surface area (Å²) in [6.45, 7) is 2.38. The lowest BCUT2D eigenvalue weighted by molar-refractivity contribution is 0.102. The van der Waals surface area contributed by atoms with Crippen molar-refractivity contribution in [2.45, 2.75) is 6.92 Å². The van der Waals surface area contributed by atoms with Crippen LogP contribution in [0.2, 0.25) is 0 Å². The number of benzene rings is 2. The third-order valence-electron chi connectivity index (χ3n) is 4.55. The largest absolute Gasteiger partial charge is 0.490 e. The molecule has 0 bridgehead atoms. The number of anilines is 1. The molecule has 0 saturated carbocycles. The minimum Gasteiger partial charge on any atom is -0.490 e. The predicted octanol–water partition coefficient (Wildman–Crippen LogP) is 4.24. The number of rotatable bonds is 5. The van der Waals surface area contributed by atoms with Crippen LogP contribution in [-0.4, -0.2) is 22.7 Å². The molecule has 31 heavy (non-hydrogen) atoms. The molecule has 5 aromatic rings. The predicted molar refractivity (Wildman–Crippen MR) is 111 cm³/mol. The molecule has 3 heterocycles. The minimum atomic E-state index is -0.767. The van der Waals surface area contributed by atoms with E-state index in [1.807, 2.05) is 19.1 Å². The van der Waals surface area contributed by atoms with Gasteiger partial charge in [-0.25, -0.2) is 4.79 Å². The smallest absolute Gasteiger partial charge is 0.349 e. The van der Waals surface area contributed by atoms with Crippen molar-refractivity contribution in [3.63, 3.8) is 0 Å². The van der Waals surface area contributed by atoms with Crippen LogP contribution in [0.4, 0.5) is 6.01 Å². The van der Waals surface area contributed by atoms with E-state index in [0.717, 1.165) is 5.39 Å². The number of aromatic nitrogens is 2. The second kappa shape index (κ2) is 7.45. The minimum absolute atomic E-state index is 0.0690. The topological polar surface area (TPSA) is 121 Å². The van der Waals surface area contributed by atoms with Crippen molar-refractivity contribution in [1.82, 2.24) is 10.2 Å². The van der Waals surface area contributed by atoms with Crippen molar-refractivity contribution in [1.29, 1.82) is 0 Å². The lowest BCUT2D eigenvalue weighted by Crippen LogP contribution is -2.20. The second-order valence-corrected chi connectivity index (χ2v) is 6.57. The van der Waals surface area contributed by atoms with E-state index in [1.165, 1.54) is 6.07 Å². The Hall–Kier alpha value is -4.40. The lowest BCUT2D eigenvalue weighted by Gasteiger charge is -2.02. The molecule has 0 radical (unpaired) electrons. The molecule has 154 valence electrons. The maximum Gasteiger partial charge on any atom is 0.349 e. The third kappa shape index (κ3) is 3.42. The number of carbonyl (C=O) groups excluding carboxylic acids is 1. The Labute approximate surface area is 174 Å². The summed E-state index contributed by atoms with van der Waals surface area (Å²) in [5.74, 6) is 0.264. The molecular weight excluding hydrogens is 402 g/mol. The number of nitrogens with one attached hydrogen (secondary N) is 1. The van der Waals surface area contributed by atoms with Crippen molar-refractivity contribution in [2.75, 3.05) is 11.9 Å². The molecule has 0 saturated heterocycles. The Morgan fingerprint density at radius 1 is 1.00 bits per heavy atom. The highest BCUT2D eigenvalue weighted by Crippen LogP contribution is 2.33. The van der Waals surface area contributed by atoms with Crippen LogP contribution >= 0.6 is 0 Å². The summed E-state index contributed by atoms with van der Waals surface area (Å²) in [6.07, 6.45) is 0. The zero-order valence-electron chi connectivity index (χ0n) is 16.2. The van der Waals surface area contributed by atoms with Crippen molar-refractivity contribution in [3.8, 4) is 17.4 Å². The fourth-order valence-corrected chi connectivity index (χ4v) is 3.17. The Bertz CT molecular complexity index is 1480. The van der Waals surface area contributed by atoms with E-state index in [0.29, 0.717) is 34.7 Å². The SMILES string of the molecule is CCOc1cccc2cc(-c3nnc(NC(=O)c4cc5ccccc5oc4=O)o3)oc12. The van der Waals surface area contributed by atoms with Crippen molar-refractivity contribution < 1.29 is 22.8 Å². The van der Waals surface area contributed by atoms with E-state index < -0.39 is 11.5 Å². The standard InChI is InChI=1S/C22H15N3O6/c1-2-28-16-9-5-7-13-11-17(29-18(13)16)20-24-25-22(31-20)23-19(26)14-10-12-6-3-4-8-15(12)30-21(14)27/h3-11H,2H2,1H3,(H,23,25,26). The third-order valence-corrected chi connectivity index (χ3v) is 4.55. The molecule has 5 rings (SSSR count). The Balaban J connectivity index is 1.42. The number of carbonyl (C=O) groups is 1. The molecule has 9 heteroatoms. The number of amides is 1. The first kappa shape index (κ1) is 18.6. The van der Waals surface area contributed by atoms with Gasteiger partial charge in [0, 0.05) is 10.8 Å². The summed E-state index contributed by atoms with van der Waals surface area (Å²) in [6, 6.07) is 15.4. The van der Waals surface area contributed by atoms with Crippen LogP contribution in [0.1, 0.15) is 17.3 Å². The zero-order chi connectivity index (χ0) is 21.4. The van der Waals surface area contributed by atoms with Crippen LogP contribution in [0, 0.1) is 0 Å². The quantitative estimate of drug-likeness (QED) is 0.422. The average Bonchev–Trinajstić information content (AvgIpc) is 3.41. The monoisotopic (exact) mass is 417 g/mol. The summed E-state index contributed by atoms with van der Waals surface area (Å²) in [5.41, 5.74) is -0.00226. The molecule has 9 nitrogen and oxygen atoms in total. The molecule has 0 unspecified atom stereocenters. The van der Waals surface area contributed by atoms with Crippen LogP contribution in [0.15, 0.2) is 72.6 Å². The van der Waals surface area contributed by atoms with Crippen molar-refractivity contribution in [3.05, 3.63) is 70.6 Å². The maximum absolute atomic E-state index is 12.5. The van der Waals surface area contributed by atoms with Crippen LogP contribution in [0.25, 0.3) is 33.6 Å². The summed E-state index contributed by atoms with van der Waals surface area (Å²) in [5, 5.41) is 11.5. The number of furan rings is 1. The zero-order valence-corrected chi connectivity index (χ0v) is 16.2. The van der Waals surface area contributed by atoms with Gasteiger partial charge in [0.25, 0.3) is 11.8 Å². The van der Waals surface area contributed by atoms with Crippen molar-refractivity contribution in [2.24, 2.45) is 0 Å². The highest BCUT2D eigenvalue weighted by atomic mass is 16.5. The van der Waals surface area contributed by atoms with E-state index >= 15 is 0 Å². The van der Waals surface area contributed by atoms with E-state index in [-0.39, 0.29) is 17.5 Å². The van der Waals surface area contributed by atoms with Gasteiger partial charge in [-0.15, -0.1) is 5.10 Å². The Morgan fingerprint density at radius 3 is 2.71 bits per heavy atom. The fourth-order valence-electron chi connectivity index (χ4n) is 3.17. The molecule has 0 aliphatic rings. The molecule has 0 aliphatic carbocycles. The van der Waals surface area contributed by atoms with Gasteiger partial charge in [-0.2, -0.15) is 0 Å². The maximum atomic E-state index is 12.5. The van der Waals surface area contributed by atoms with Crippen LogP contribution in [-0.2, 0) is 0 Å². The van der Waals surface area contributed by atoms with Crippen LogP contribution in [0.5, 0.6) is 5.75 Å². The first-order valence-corrected chi connectivity index (χ1v) is 9.46. The van der Waals surface area contributed by atoms with E-state index in [9.17, 15) is 9.59 Å². The summed E-state index contributed by atoms with van der Waals surface area (Å²) in [4.78, 5) is 24.7. The van der Waals surface area contributed by atoms with Crippen molar-refractivity contribution >= 4 is 33.9 Å². The van der Waals surface area contributed by atoms with E-state index in [1.54, 1.807) is 36.4 Å². The van der Waals surface area contributed by atoms with Gasteiger partial charge in [0.2, 0.25) is 0 Å². The molecule has 1 N–H and O–H groups in total. The highest BCUT2D eigenvalue weighted by Gasteiger charge is 2.19. The van der Waals surface area contributed by atoms with Gasteiger partial charge < -0.3 is 18.0 Å². The molecule has 2 aromatic carbocycles. The number of hydrogen-bond acceptors (Lipinski definition) is 8. The first-order chi connectivity index (χ1) is 15.1. The number of para-hydroxylation sites is 2. The molecule has 0 fully saturated rings. The Morgan fingerprint density at radius 2 is 1.84 bits per heavy atom. The lowest BCUT2D eigenvalue weighted by atomic mass is 10.2. The van der Waals surface area contributed by atoms with Gasteiger partial charge in [0.1, 0.15) is 11.1 Å². The highest BCUT2D eigenvalue weighted by molar-refractivity contribution is 6.04. The van der Waals surface area contributed by atoms with Crippen LogP contribution in [0.3, 0.4) is 0 Å².